The van der Waals surface area contributed by atoms with E-state index in [4.69, 9.17) is 10.5 Å². The zero-order valence-corrected chi connectivity index (χ0v) is 47.6. The van der Waals surface area contributed by atoms with Gasteiger partial charge in [-0.05, 0) is 204 Å². The Balaban J connectivity index is 0.000000215. The highest BCUT2D eigenvalue weighted by Crippen LogP contribution is 2.33. The number of halogens is 1. The number of nitrogens with zero attached hydrogens (tertiary/aromatic N) is 6. The van der Waals surface area contributed by atoms with E-state index in [9.17, 15) is 24.9 Å². The zero-order valence-electron chi connectivity index (χ0n) is 46.8. The average molecular weight is 1120 g/mol. The Morgan fingerprint density at radius 2 is 1.01 bits per heavy atom. The second kappa shape index (κ2) is 27.0. The third-order valence-corrected chi connectivity index (χ3v) is 13.8. The first-order chi connectivity index (χ1) is 39.1. The lowest BCUT2D eigenvalue weighted by molar-refractivity contribution is 0.0523. The number of ether oxygens (including phenoxy) is 1. The Bertz CT molecular complexity index is 3640. The van der Waals surface area contributed by atoms with Gasteiger partial charge in [0.2, 0.25) is 0 Å². The molecule has 0 radical (unpaired) electrons. The third-order valence-electron chi connectivity index (χ3n) is 13.8. The molecule has 0 aliphatic heterocycles. The van der Waals surface area contributed by atoms with Gasteiger partial charge in [-0.2, -0.15) is 20.7 Å². The first-order valence-corrected chi connectivity index (χ1v) is 27.4. The summed E-state index contributed by atoms with van der Waals surface area (Å²) in [6, 6.07) is 54.0. The summed E-state index contributed by atoms with van der Waals surface area (Å²) in [5.74, 6) is 0.833. The van der Waals surface area contributed by atoms with Crippen molar-refractivity contribution in [1.29, 1.82) is 10.5 Å². The summed E-state index contributed by atoms with van der Waals surface area (Å²) in [5, 5.41) is 44.2. The number of aryl methyl sites for hydroxylation is 2. The van der Waals surface area contributed by atoms with Crippen LogP contribution in [0.5, 0.6) is 0 Å². The van der Waals surface area contributed by atoms with Gasteiger partial charge in [-0.15, -0.1) is 12.4 Å². The van der Waals surface area contributed by atoms with E-state index in [1.54, 1.807) is 27.6 Å². The Kier molecular flexibility index (Phi) is 19.5. The van der Waals surface area contributed by atoms with E-state index >= 15 is 0 Å². The highest BCUT2D eigenvalue weighted by Gasteiger charge is 2.26. The second-order valence-electron chi connectivity index (χ2n) is 21.8. The molecule has 2 aliphatic carbocycles. The quantitative estimate of drug-likeness (QED) is 0.0446. The molecule has 2 aromatic heterocycles. The topological polar surface area (TPSA) is 230 Å². The fourth-order valence-corrected chi connectivity index (χ4v) is 9.44. The predicted octanol–water partition coefficient (Wildman–Crippen LogP) is 11.7. The molecule has 8 aromatic rings. The van der Waals surface area contributed by atoms with Crippen LogP contribution in [0, 0.1) is 48.3 Å². The molecule has 17 heteroatoms. The molecule has 10 rings (SSSR count). The van der Waals surface area contributed by atoms with Crippen LogP contribution in [0.25, 0.3) is 11.4 Å². The minimum Gasteiger partial charge on any atom is -0.444 e. The molecular weight excluding hydrogens is 1050 g/mol. The van der Waals surface area contributed by atoms with Crippen molar-refractivity contribution in [2.24, 2.45) is 17.6 Å². The monoisotopic (exact) mass is 1120 g/mol. The fraction of sp³-hybridized carbons (Fsp3) is 0.277. The van der Waals surface area contributed by atoms with Gasteiger partial charge in [-0.1, -0.05) is 72.8 Å². The van der Waals surface area contributed by atoms with Crippen molar-refractivity contribution in [2.75, 3.05) is 23.7 Å². The van der Waals surface area contributed by atoms with Crippen LogP contribution >= 0.6 is 12.4 Å². The molecule has 0 saturated heterocycles. The molecule has 2 heterocycles. The van der Waals surface area contributed by atoms with Crippen molar-refractivity contribution in [3.8, 4) is 23.5 Å². The smallest absolute Gasteiger partial charge is 0.407 e. The van der Waals surface area contributed by atoms with Gasteiger partial charge in [0.05, 0.1) is 58.1 Å². The van der Waals surface area contributed by atoms with Crippen LogP contribution in [0.2, 0.25) is 0 Å². The predicted molar refractivity (Wildman–Crippen MR) is 321 cm³/mol. The minimum atomic E-state index is -0.587. The number of hydrogen-bond donors (Lipinski definition) is 6. The lowest BCUT2D eigenvalue weighted by Gasteiger charge is -2.21. The number of amides is 3. The van der Waals surface area contributed by atoms with E-state index in [0.29, 0.717) is 63.7 Å². The van der Waals surface area contributed by atoms with Crippen molar-refractivity contribution in [3.05, 3.63) is 225 Å². The van der Waals surface area contributed by atoms with Crippen molar-refractivity contribution in [3.63, 3.8) is 0 Å². The fourth-order valence-electron chi connectivity index (χ4n) is 9.44. The van der Waals surface area contributed by atoms with Crippen LogP contribution in [0.15, 0.2) is 158 Å². The summed E-state index contributed by atoms with van der Waals surface area (Å²) in [5.41, 5.74) is 17.4. The van der Waals surface area contributed by atoms with Crippen LogP contribution in [0.4, 0.5) is 16.2 Å². The molecule has 16 nitrogen and oxygen atoms in total. The lowest BCUT2D eigenvalue weighted by atomic mass is 9.96. The number of nitrogens with two attached hydrogens (primary N) is 1. The van der Waals surface area contributed by atoms with Gasteiger partial charge >= 0.3 is 6.09 Å². The number of hydrogen-bond acceptors (Lipinski definition) is 11. The van der Waals surface area contributed by atoms with Gasteiger partial charge in [0.15, 0.2) is 0 Å². The van der Waals surface area contributed by atoms with E-state index in [1.165, 1.54) is 25.7 Å². The van der Waals surface area contributed by atoms with Crippen molar-refractivity contribution in [2.45, 2.75) is 91.1 Å². The lowest BCUT2D eigenvalue weighted by Crippen LogP contribution is -2.32. The SMILES string of the molecule is Cc1cc(C(=O)Nc2cccc(C(NCC3CC3)c3cccc(C#N)c3)c2)n(-c2cccc(CN)c2)n1.Cc1cc(C(=O)Nc2cccc(C(NCC3CC3)c3cccc(C#N)c3)c2)n(-c2cccc(CNC(=O)OC(C)(C)C)c2)n1.Cl. The number of aromatic nitrogens is 4. The molecule has 2 saturated carbocycles. The third kappa shape index (κ3) is 16.1. The molecule has 82 heavy (non-hydrogen) atoms. The summed E-state index contributed by atoms with van der Waals surface area (Å²) < 4.78 is 8.60. The maximum Gasteiger partial charge on any atom is 0.407 e. The Labute approximate surface area is 485 Å². The highest BCUT2D eigenvalue weighted by atomic mass is 35.5. The first-order valence-electron chi connectivity index (χ1n) is 27.4. The van der Waals surface area contributed by atoms with Crippen LogP contribution in [-0.4, -0.2) is 56.2 Å². The minimum absolute atomic E-state index is 0. The number of rotatable bonds is 19. The number of benzene rings is 6. The Morgan fingerprint density at radius 3 is 1.44 bits per heavy atom. The standard InChI is InChI=1S/C35H38N6O3.C30H30N6O.ClH/c1-23-16-31(41(40-23)30-13-6-9-26(18-30)22-38-34(43)44-35(2,3)4)33(42)39-29-12-7-11-28(19-29)32(37-21-24-14-15-24)27-10-5-8-25(17-27)20-36;1-20-13-28(36(35-20)27-10-3-6-23(15-27)18-32)30(37)34-26-9-4-8-25(16-26)29(33-19-21-11-12-21)24-7-2-5-22(14-24)17-31;/h5-13,16-19,24,32,37H,14-15,21-22H2,1-4H3,(H,38,43)(H,39,42);2-10,13-16,21,29,33H,11-12,18-19,32H2,1H3,(H,34,37);1H. The van der Waals surface area contributed by atoms with Crippen molar-refractivity contribution >= 4 is 41.7 Å². The van der Waals surface area contributed by atoms with Crippen LogP contribution in [0.3, 0.4) is 0 Å². The van der Waals surface area contributed by atoms with Crippen LogP contribution in [0.1, 0.15) is 135 Å². The van der Waals surface area contributed by atoms with Gasteiger partial charge < -0.3 is 37.1 Å². The summed E-state index contributed by atoms with van der Waals surface area (Å²) in [4.78, 5) is 39.1. The first kappa shape index (κ1) is 59.2. The maximum absolute atomic E-state index is 13.6. The molecule has 6 aromatic carbocycles. The summed E-state index contributed by atoms with van der Waals surface area (Å²) in [6.45, 7) is 11.6. The largest absolute Gasteiger partial charge is 0.444 e. The number of anilines is 2. The Morgan fingerprint density at radius 1 is 0.598 bits per heavy atom. The molecule has 0 spiro atoms. The van der Waals surface area contributed by atoms with Crippen LogP contribution in [-0.2, 0) is 17.8 Å². The number of carbonyl (C=O) groups is 3. The zero-order chi connectivity index (χ0) is 57.0. The molecule has 7 N–H and O–H groups in total. The van der Waals surface area contributed by atoms with E-state index in [2.05, 4.69) is 48.9 Å². The molecule has 2 unspecified atom stereocenters. The average Bonchev–Trinajstić information content (AvgIpc) is 4.54. The molecular formula is C65H69ClN12O4. The number of alkyl carbamates (subject to hydrolysis) is 1. The molecule has 0 bridgehead atoms. The number of nitriles is 2. The van der Waals surface area contributed by atoms with Crippen molar-refractivity contribution < 1.29 is 19.1 Å². The van der Waals surface area contributed by atoms with Gasteiger partial charge in [0, 0.05) is 24.5 Å². The summed E-state index contributed by atoms with van der Waals surface area (Å²) in [6.07, 6.45) is 4.45. The Hall–Kier alpha value is -8.90. The molecule has 3 amide bonds. The molecule has 2 fully saturated rings. The normalized spacial score (nSPS) is 13.4. The molecule has 2 aliphatic rings. The summed E-state index contributed by atoms with van der Waals surface area (Å²) in [7, 11) is 0. The molecule has 420 valence electrons. The maximum atomic E-state index is 13.6. The number of carbonyl (C=O) groups excluding carboxylic acids is 3. The van der Waals surface area contributed by atoms with Gasteiger partial charge in [-0.25, -0.2) is 14.2 Å². The van der Waals surface area contributed by atoms with Crippen molar-refractivity contribution in [1.82, 2.24) is 35.5 Å². The summed E-state index contributed by atoms with van der Waals surface area (Å²) >= 11 is 0. The van der Waals surface area contributed by atoms with Gasteiger partial charge in [0.1, 0.15) is 17.0 Å². The number of nitrogens with one attached hydrogen (secondary N) is 5. The van der Waals surface area contributed by atoms with E-state index in [0.717, 1.165) is 57.9 Å². The van der Waals surface area contributed by atoms with E-state index < -0.39 is 11.7 Å². The van der Waals surface area contributed by atoms with Gasteiger partial charge in [-0.3, -0.25) is 9.59 Å². The van der Waals surface area contributed by atoms with E-state index in [1.807, 2.05) is 174 Å². The van der Waals surface area contributed by atoms with Crippen LogP contribution < -0.4 is 32.3 Å². The second-order valence-corrected chi connectivity index (χ2v) is 21.8. The van der Waals surface area contributed by atoms with Gasteiger partial charge in [0.25, 0.3) is 11.8 Å². The highest BCUT2D eigenvalue weighted by molar-refractivity contribution is 6.04. The van der Waals surface area contributed by atoms with E-state index in [-0.39, 0.29) is 42.8 Å². The molecule has 2 atom stereocenters.